The van der Waals surface area contributed by atoms with E-state index in [1.54, 1.807) is 0 Å². The summed E-state index contributed by atoms with van der Waals surface area (Å²) in [5, 5.41) is 18.5. The number of aliphatic carboxylic acids is 1. The van der Waals surface area contributed by atoms with Crippen molar-refractivity contribution in [2.24, 2.45) is 0 Å². The number of nitrogens with zero attached hydrogens (tertiary/aromatic N) is 1. The summed E-state index contributed by atoms with van der Waals surface area (Å²) in [6.07, 6.45) is -0.291. The van der Waals surface area contributed by atoms with Crippen molar-refractivity contribution >= 4 is 11.9 Å². The molecule has 0 saturated carbocycles. The molecule has 0 aromatic heterocycles. The maximum atomic E-state index is 13.7. The van der Waals surface area contributed by atoms with Crippen molar-refractivity contribution in [2.45, 2.75) is 12.5 Å². The number of amides is 1. The summed E-state index contributed by atoms with van der Waals surface area (Å²) in [5.74, 6) is -3.10. The van der Waals surface area contributed by atoms with Gasteiger partial charge >= 0.3 is 5.97 Å². The first-order valence-corrected chi connectivity index (χ1v) is 6.08. The highest BCUT2D eigenvalue weighted by molar-refractivity contribution is 5.97. The lowest BCUT2D eigenvalue weighted by molar-refractivity contribution is -0.139. The summed E-state index contributed by atoms with van der Waals surface area (Å²) in [6.45, 7) is 0.481. The fraction of sp³-hybridized carbons (Fsp3) is 0.385. The van der Waals surface area contributed by atoms with Gasteiger partial charge in [0, 0.05) is 6.54 Å². The molecule has 1 fully saturated rings. The predicted octanol–water partition coefficient (Wildman–Crippen LogP) is 0.847. The zero-order valence-corrected chi connectivity index (χ0v) is 10.6. The molecule has 0 bridgehead atoms. The predicted molar refractivity (Wildman–Crippen MR) is 66.0 cm³/mol. The van der Waals surface area contributed by atoms with Gasteiger partial charge in [0.2, 0.25) is 0 Å². The van der Waals surface area contributed by atoms with Gasteiger partial charge in [0.25, 0.3) is 5.91 Å². The van der Waals surface area contributed by atoms with Crippen molar-refractivity contribution in [1.29, 1.82) is 0 Å². The third kappa shape index (κ3) is 2.88. The average Bonchev–Trinajstić information content (AvgIpc) is 2.38. The number of carboxylic acids is 1. The lowest BCUT2D eigenvalue weighted by Crippen LogP contribution is -2.49. The third-order valence-corrected chi connectivity index (χ3v) is 3.10. The van der Waals surface area contributed by atoms with Crippen LogP contribution in [0.2, 0.25) is 0 Å². The quantitative estimate of drug-likeness (QED) is 0.858. The number of halogens is 1. The van der Waals surface area contributed by atoms with Crippen molar-refractivity contribution < 1.29 is 28.9 Å². The Labute approximate surface area is 114 Å². The highest BCUT2D eigenvalue weighted by Gasteiger charge is 2.32. The first-order chi connectivity index (χ1) is 9.50. The van der Waals surface area contributed by atoms with E-state index >= 15 is 0 Å². The van der Waals surface area contributed by atoms with Crippen LogP contribution in [0.25, 0.3) is 0 Å². The van der Waals surface area contributed by atoms with Gasteiger partial charge in [0.05, 0.1) is 25.7 Å². The third-order valence-electron chi connectivity index (χ3n) is 3.10. The van der Waals surface area contributed by atoms with Gasteiger partial charge < -0.3 is 19.8 Å². The summed E-state index contributed by atoms with van der Waals surface area (Å²) in [4.78, 5) is 24.3. The van der Waals surface area contributed by atoms with Gasteiger partial charge in [-0.2, -0.15) is 0 Å². The van der Waals surface area contributed by atoms with Crippen molar-refractivity contribution in [3.05, 3.63) is 29.6 Å². The Morgan fingerprint density at radius 1 is 1.45 bits per heavy atom. The van der Waals surface area contributed by atoms with E-state index in [2.05, 4.69) is 0 Å². The van der Waals surface area contributed by atoms with E-state index in [0.29, 0.717) is 0 Å². The molecule has 7 heteroatoms. The summed E-state index contributed by atoms with van der Waals surface area (Å²) in [7, 11) is 0. The number of phenolic OH excluding ortho intramolecular Hbond substituents is 1. The summed E-state index contributed by atoms with van der Waals surface area (Å²) in [5.41, 5.74) is -0.440. The second kappa shape index (κ2) is 5.87. The summed E-state index contributed by atoms with van der Waals surface area (Å²) < 4.78 is 18.8. The normalized spacial score (nSPS) is 18.9. The zero-order chi connectivity index (χ0) is 14.7. The van der Waals surface area contributed by atoms with Crippen LogP contribution in [-0.4, -0.2) is 52.8 Å². The van der Waals surface area contributed by atoms with Crippen LogP contribution >= 0.6 is 0 Å². The monoisotopic (exact) mass is 283 g/mol. The van der Waals surface area contributed by atoms with Crippen LogP contribution in [0.5, 0.6) is 5.75 Å². The molecule has 108 valence electrons. The SMILES string of the molecule is O=C(O)CC1COCCN1C(=O)c1c(O)cccc1F. The molecule has 1 unspecified atom stereocenters. The van der Waals surface area contributed by atoms with E-state index in [9.17, 15) is 19.1 Å². The number of benzene rings is 1. The van der Waals surface area contributed by atoms with Crippen LogP contribution in [0.4, 0.5) is 4.39 Å². The van der Waals surface area contributed by atoms with Crippen LogP contribution in [0.15, 0.2) is 18.2 Å². The number of aromatic hydroxyl groups is 1. The minimum Gasteiger partial charge on any atom is -0.507 e. The summed E-state index contributed by atoms with van der Waals surface area (Å²) in [6, 6.07) is 2.89. The molecule has 0 spiro atoms. The topological polar surface area (TPSA) is 87.1 Å². The molecule has 1 aromatic rings. The Morgan fingerprint density at radius 2 is 2.20 bits per heavy atom. The molecule has 1 atom stereocenters. The van der Waals surface area contributed by atoms with Crippen molar-refractivity contribution in [2.75, 3.05) is 19.8 Å². The van der Waals surface area contributed by atoms with Gasteiger partial charge in [0.15, 0.2) is 0 Å². The number of morpholine rings is 1. The Kier molecular flexibility index (Phi) is 4.19. The minimum absolute atomic E-state index is 0.0766. The lowest BCUT2D eigenvalue weighted by Gasteiger charge is -2.35. The van der Waals surface area contributed by atoms with Gasteiger partial charge in [-0.25, -0.2) is 4.39 Å². The van der Waals surface area contributed by atoms with Gasteiger partial charge in [-0.1, -0.05) is 6.07 Å². The van der Waals surface area contributed by atoms with Crippen LogP contribution in [-0.2, 0) is 9.53 Å². The standard InChI is InChI=1S/C13H14FNO5/c14-9-2-1-3-10(16)12(9)13(19)15-4-5-20-7-8(15)6-11(17)18/h1-3,8,16H,4-7H2,(H,17,18). The molecule has 0 radical (unpaired) electrons. The number of carboxylic acid groups (broad SMARTS) is 1. The number of hydrogen-bond donors (Lipinski definition) is 2. The molecule has 1 aliphatic rings. The molecular weight excluding hydrogens is 269 g/mol. The smallest absolute Gasteiger partial charge is 0.305 e. The molecule has 1 heterocycles. The van der Waals surface area contributed by atoms with Crippen LogP contribution < -0.4 is 0 Å². The van der Waals surface area contributed by atoms with Crippen molar-refractivity contribution in [1.82, 2.24) is 4.90 Å². The Hall–Kier alpha value is -2.15. The average molecular weight is 283 g/mol. The first kappa shape index (κ1) is 14.3. The molecule has 1 amide bonds. The second-order valence-electron chi connectivity index (χ2n) is 4.46. The van der Waals surface area contributed by atoms with Gasteiger partial charge in [-0.3, -0.25) is 9.59 Å². The summed E-state index contributed by atoms with van der Waals surface area (Å²) >= 11 is 0. The van der Waals surface area contributed by atoms with Crippen molar-refractivity contribution in [3.63, 3.8) is 0 Å². The van der Waals surface area contributed by atoms with E-state index in [1.165, 1.54) is 17.0 Å². The van der Waals surface area contributed by atoms with Gasteiger partial charge in [0.1, 0.15) is 17.1 Å². The largest absolute Gasteiger partial charge is 0.507 e. The fourth-order valence-corrected chi connectivity index (χ4v) is 2.16. The van der Waals surface area contributed by atoms with E-state index in [1.807, 2.05) is 0 Å². The van der Waals surface area contributed by atoms with E-state index in [-0.39, 0.29) is 26.2 Å². The minimum atomic E-state index is -1.07. The van der Waals surface area contributed by atoms with Crippen LogP contribution in [0.3, 0.4) is 0 Å². The van der Waals surface area contributed by atoms with Gasteiger partial charge in [-0.15, -0.1) is 0 Å². The van der Waals surface area contributed by atoms with Gasteiger partial charge in [-0.05, 0) is 12.1 Å². The fourth-order valence-electron chi connectivity index (χ4n) is 2.16. The zero-order valence-electron chi connectivity index (χ0n) is 10.6. The maximum absolute atomic E-state index is 13.7. The highest BCUT2D eigenvalue weighted by atomic mass is 19.1. The molecule has 1 aliphatic heterocycles. The molecule has 2 N–H and O–H groups in total. The van der Waals surface area contributed by atoms with Crippen LogP contribution in [0.1, 0.15) is 16.8 Å². The molecular formula is C13H14FNO5. The van der Waals surface area contributed by atoms with Crippen molar-refractivity contribution in [3.8, 4) is 5.75 Å². The molecule has 20 heavy (non-hydrogen) atoms. The number of rotatable bonds is 3. The molecule has 2 rings (SSSR count). The molecule has 0 aliphatic carbocycles. The maximum Gasteiger partial charge on any atom is 0.305 e. The van der Waals surface area contributed by atoms with E-state index in [4.69, 9.17) is 9.84 Å². The molecule has 1 saturated heterocycles. The number of hydrogen-bond acceptors (Lipinski definition) is 4. The molecule has 6 nitrogen and oxygen atoms in total. The number of carbonyl (C=O) groups excluding carboxylic acids is 1. The number of carbonyl (C=O) groups is 2. The Bertz CT molecular complexity index is 513. The second-order valence-corrected chi connectivity index (χ2v) is 4.46. The number of ether oxygens (including phenoxy) is 1. The van der Waals surface area contributed by atoms with E-state index in [0.717, 1.165) is 6.07 Å². The highest BCUT2D eigenvalue weighted by Crippen LogP contribution is 2.24. The lowest BCUT2D eigenvalue weighted by atomic mass is 10.1. The van der Waals surface area contributed by atoms with E-state index < -0.39 is 35.0 Å². The Morgan fingerprint density at radius 3 is 2.85 bits per heavy atom. The first-order valence-electron chi connectivity index (χ1n) is 6.08. The van der Waals surface area contributed by atoms with Crippen LogP contribution in [0, 0.1) is 5.82 Å². The number of phenols is 1. The Balaban J connectivity index is 2.28. The molecule has 1 aromatic carbocycles.